The van der Waals surface area contributed by atoms with Gasteiger partial charge >= 0.3 is 0 Å². The first kappa shape index (κ1) is 15.0. The van der Waals surface area contributed by atoms with Crippen molar-refractivity contribution in [1.29, 1.82) is 10.5 Å². The standard InChI is InChI=1S/C18H12N2O2/c1-22-18(16-8-4-14(12-20)5-9-16)10-17(21)15-6-2-13(11-19)3-7-15/h2-10H,1H3/b18-10-. The normalized spacial score (nSPS) is 10.4. The van der Waals surface area contributed by atoms with Crippen molar-refractivity contribution < 1.29 is 9.53 Å². The van der Waals surface area contributed by atoms with Gasteiger partial charge in [-0.2, -0.15) is 10.5 Å². The zero-order valence-corrected chi connectivity index (χ0v) is 11.9. The molecule has 0 aromatic heterocycles. The van der Waals surface area contributed by atoms with Crippen molar-refractivity contribution in [3.63, 3.8) is 0 Å². The van der Waals surface area contributed by atoms with Crippen LogP contribution in [0, 0.1) is 22.7 Å². The van der Waals surface area contributed by atoms with E-state index in [0.29, 0.717) is 28.0 Å². The van der Waals surface area contributed by atoms with E-state index in [0.717, 1.165) is 0 Å². The molecule has 0 heterocycles. The lowest BCUT2D eigenvalue weighted by Crippen LogP contribution is -1.98. The lowest BCUT2D eigenvalue weighted by Gasteiger charge is -2.06. The van der Waals surface area contributed by atoms with E-state index in [1.807, 2.05) is 12.1 Å². The van der Waals surface area contributed by atoms with Crippen molar-refractivity contribution in [3.05, 3.63) is 76.9 Å². The lowest BCUT2D eigenvalue weighted by atomic mass is 10.1. The van der Waals surface area contributed by atoms with Gasteiger partial charge in [0.1, 0.15) is 5.76 Å². The molecule has 106 valence electrons. The Labute approximate surface area is 128 Å². The highest BCUT2D eigenvalue weighted by Gasteiger charge is 2.08. The number of hydrogen-bond donors (Lipinski definition) is 0. The summed E-state index contributed by atoms with van der Waals surface area (Å²) in [4.78, 5) is 12.2. The third kappa shape index (κ3) is 3.39. The summed E-state index contributed by atoms with van der Waals surface area (Å²) in [6.45, 7) is 0. The van der Waals surface area contributed by atoms with E-state index in [1.54, 1.807) is 48.5 Å². The van der Waals surface area contributed by atoms with Gasteiger partial charge in [-0.15, -0.1) is 0 Å². The quantitative estimate of drug-likeness (QED) is 0.491. The summed E-state index contributed by atoms with van der Waals surface area (Å²) < 4.78 is 5.25. The van der Waals surface area contributed by atoms with Gasteiger partial charge in [0.2, 0.25) is 0 Å². The van der Waals surface area contributed by atoms with Crippen molar-refractivity contribution in [3.8, 4) is 12.1 Å². The Balaban J connectivity index is 2.28. The number of methoxy groups -OCH3 is 1. The largest absolute Gasteiger partial charge is 0.496 e. The highest BCUT2D eigenvalue weighted by Crippen LogP contribution is 2.17. The summed E-state index contributed by atoms with van der Waals surface area (Å²) in [6, 6.07) is 17.2. The van der Waals surface area contributed by atoms with E-state index in [-0.39, 0.29) is 5.78 Å². The van der Waals surface area contributed by atoms with Crippen molar-refractivity contribution in [1.82, 2.24) is 0 Å². The third-order valence-electron chi connectivity index (χ3n) is 3.08. The first-order valence-corrected chi connectivity index (χ1v) is 6.48. The molecule has 4 nitrogen and oxygen atoms in total. The minimum atomic E-state index is -0.217. The van der Waals surface area contributed by atoms with Gasteiger partial charge in [0.25, 0.3) is 0 Å². The van der Waals surface area contributed by atoms with Gasteiger partial charge in [-0.1, -0.05) is 0 Å². The predicted octanol–water partition coefficient (Wildman–Crippen LogP) is 3.30. The lowest BCUT2D eigenvalue weighted by molar-refractivity contribution is 0.104. The number of allylic oxidation sites excluding steroid dienone is 1. The molecule has 0 aliphatic heterocycles. The summed E-state index contributed by atoms with van der Waals surface area (Å²) in [7, 11) is 1.48. The number of nitriles is 2. The molecule has 0 aliphatic rings. The topological polar surface area (TPSA) is 73.9 Å². The Kier molecular flexibility index (Phi) is 4.70. The van der Waals surface area contributed by atoms with Gasteiger partial charge in [-0.3, -0.25) is 4.79 Å². The highest BCUT2D eigenvalue weighted by molar-refractivity contribution is 6.07. The molecule has 2 rings (SSSR count). The van der Waals surface area contributed by atoms with E-state index in [9.17, 15) is 4.79 Å². The Morgan fingerprint density at radius 1 is 0.909 bits per heavy atom. The maximum atomic E-state index is 12.2. The maximum absolute atomic E-state index is 12.2. The van der Waals surface area contributed by atoms with Gasteiger partial charge < -0.3 is 4.74 Å². The number of hydrogen-bond acceptors (Lipinski definition) is 4. The monoisotopic (exact) mass is 288 g/mol. The first-order chi connectivity index (χ1) is 10.7. The van der Waals surface area contributed by atoms with E-state index in [1.165, 1.54) is 13.2 Å². The molecule has 2 aromatic carbocycles. The van der Waals surface area contributed by atoms with Crippen LogP contribution in [0.5, 0.6) is 0 Å². The number of ether oxygens (including phenoxy) is 1. The molecule has 2 aromatic rings. The fraction of sp³-hybridized carbons (Fsp3) is 0.0556. The van der Waals surface area contributed by atoms with Crippen LogP contribution in [0.2, 0.25) is 0 Å². The minimum absolute atomic E-state index is 0.217. The SMILES string of the molecule is CO/C(=C\C(=O)c1ccc(C#N)cc1)c1ccc(C#N)cc1. The molecule has 0 bridgehead atoms. The molecule has 0 aliphatic carbocycles. The maximum Gasteiger partial charge on any atom is 0.189 e. The molecular weight excluding hydrogens is 276 g/mol. The summed E-state index contributed by atoms with van der Waals surface area (Å²) in [5.41, 5.74) is 2.22. The molecule has 22 heavy (non-hydrogen) atoms. The summed E-state index contributed by atoms with van der Waals surface area (Å²) >= 11 is 0. The first-order valence-electron chi connectivity index (χ1n) is 6.48. The number of rotatable bonds is 4. The van der Waals surface area contributed by atoms with Crippen LogP contribution < -0.4 is 0 Å². The minimum Gasteiger partial charge on any atom is -0.496 e. The second kappa shape index (κ2) is 6.88. The van der Waals surface area contributed by atoms with E-state index in [2.05, 4.69) is 0 Å². The molecule has 0 N–H and O–H groups in total. The van der Waals surface area contributed by atoms with Crippen molar-refractivity contribution >= 4 is 11.5 Å². The average Bonchev–Trinajstić information content (AvgIpc) is 2.59. The van der Waals surface area contributed by atoms with Gasteiger partial charge in [-0.05, 0) is 48.5 Å². The van der Waals surface area contributed by atoms with Crippen molar-refractivity contribution in [2.75, 3.05) is 7.11 Å². The second-order valence-corrected chi connectivity index (χ2v) is 4.46. The summed E-state index contributed by atoms with van der Waals surface area (Å²) in [6.07, 6.45) is 1.39. The van der Waals surface area contributed by atoms with Gasteiger partial charge in [-0.25, -0.2) is 0 Å². The number of ketones is 1. The van der Waals surface area contributed by atoms with Gasteiger partial charge in [0, 0.05) is 17.2 Å². The fourth-order valence-corrected chi connectivity index (χ4v) is 1.88. The molecule has 0 radical (unpaired) electrons. The Hall–Kier alpha value is -3.37. The van der Waals surface area contributed by atoms with Crippen LogP contribution >= 0.6 is 0 Å². The molecular formula is C18H12N2O2. The van der Waals surface area contributed by atoms with Crippen LogP contribution in [0.4, 0.5) is 0 Å². The van der Waals surface area contributed by atoms with E-state index in [4.69, 9.17) is 15.3 Å². The van der Waals surface area contributed by atoms with E-state index >= 15 is 0 Å². The molecule has 0 spiro atoms. The van der Waals surface area contributed by atoms with Crippen LogP contribution in [0.3, 0.4) is 0 Å². The molecule has 0 unspecified atom stereocenters. The molecule has 0 fully saturated rings. The Morgan fingerprint density at radius 2 is 1.36 bits per heavy atom. The van der Waals surface area contributed by atoms with Crippen LogP contribution in [0.15, 0.2) is 54.6 Å². The zero-order valence-electron chi connectivity index (χ0n) is 11.9. The molecule has 0 atom stereocenters. The number of carbonyl (C=O) groups excluding carboxylic acids is 1. The van der Waals surface area contributed by atoms with Crippen LogP contribution in [0.25, 0.3) is 5.76 Å². The van der Waals surface area contributed by atoms with Crippen LogP contribution in [-0.4, -0.2) is 12.9 Å². The molecule has 4 heteroatoms. The zero-order chi connectivity index (χ0) is 15.9. The summed E-state index contributed by atoms with van der Waals surface area (Å²) in [5.74, 6) is 0.199. The summed E-state index contributed by atoms with van der Waals surface area (Å²) in [5, 5.41) is 17.5. The highest BCUT2D eigenvalue weighted by atomic mass is 16.5. The van der Waals surface area contributed by atoms with Crippen LogP contribution in [0.1, 0.15) is 27.0 Å². The second-order valence-electron chi connectivity index (χ2n) is 4.46. The average molecular weight is 288 g/mol. The number of carbonyl (C=O) groups is 1. The van der Waals surface area contributed by atoms with Crippen LogP contribution in [-0.2, 0) is 4.74 Å². The molecule has 0 saturated heterocycles. The van der Waals surface area contributed by atoms with Crippen molar-refractivity contribution in [2.24, 2.45) is 0 Å². The van der Waals surface area contributed by atoms with Gasteiger partial charge in [0.05, 0.1) is 30.4 Å². The molecule has 0 saturated carbocycles. The van der Waals surface area contributed by atoms with Crippen molar-refractivity contribution in [2.45, 2.75) is 0 Å². The fourth-order valence-electron chi connectivity index (χ4n) is 1.88. The molecule has 0 amide bonds. The smallest absolute Gasteiger partial charge is 0.189 e. The number of benzene rings is 2. The Morgan fingerprint density at radius 3 is 1.77 bits per heavy atom. The predicted molar refractivity (Wildman–Crippen MR) is 81.6 cm³/mol. The third-order valence-corrected chi connectivity index (χ3v) is 3.08. The van der Waals surface area contributed by atoms with Gasteiger partial charge in [0.15, 0.2) is 5.78 Å². The number of nitrogens with zero attached hydrogens (tertiary/aromatic N) is 2. The van der Waals surface area contributed by atoms with E-state index < -0.39 is 0 Å². The Bertz CT molecular complexity index is 789.